The van der Waals surface area contributed by atoms with Gasteiger partial charge in [0.1, 0.15) is 11.1 Å². The van der Waals surface area contributed by atoms with E-state index in [1.165, 1.54) is 4.90 Å². The molecule has 2 unspecified atom stereocenters. The minimum absolute atomic E-state index is 0.0531. The summed E-state index contributed by atoms with van der Waals surface area (Å²) < 4.78 is 5.40. The SMILES string of the molecule is CC(C)(C)OC(=O)N1CC2(CNC2=O)CC12CCC2=O. The van der Waals surface area contributed by atoms with Gasteiger partial charge in [-0.2, -0.15) is 0 Å². The van der Waals surface area contributed by atoms with Crippen LogP contribution in [-0.2, 0) is 14.3 Å². The summed E-state index contributed by atoms with van der Waals surface area (Å²) in [5, 5.41) is 2.72. The summed E-state index contributed by atoms with van der Waals surface area (Å²) in [5.41, 5.74) is -1.98. The van der Waals surface area contributed by atoms with Crippen molar-refractivity contribution in [2.45, 2.75) is 51.2 Å². The lowest BCUT2D eigenvalue weighted by Gasteiger charge is -2.44. The zero-order valence-corrected chi connectivity index (χ0v) is 12.1. The molecule has 2 amide bonds. The van der Waals surface area contributed by atoms with Crippen LogP contribution in [0.5, 0.6) is 0 Å². The molecule has 3 rings (SSSR count). The van der Waals surface area contributed by atoms with Gasteiger partial charge in [-0.1, -0.05) is 0 Å². The van der Waals surface area contributed by atoms with E-state index < -0.39 is 22.6 Å². The molecular formula is C14H20N2O4. The molecule has 6 heteroatoms. The summed E-state index contributed by atoms with van der Waals surface area (Å²) in [6.07, 6.45) is 1.09. The van der Waals surface area contributed by atoms with Crippen LogP contribution in [0.4, 0.5) is 4.79 Å². The third kappa shape index (κ3) is 1.66. The number of nitrogens with one attached hydrogen (secondary N) is 1. The second-order valence-electron chi connectivity index (χ2n) is 7.16. The van der Waals surface area contributed by atoms with Gasteiger partial charge in [0.25, 0.3) is 0 Å². The number of carbonyl (C=O) groups excluding carboxylic acids is 3. The Balaban J connectivity index is 1.86. The van der Waals surface area contributed by atoms with Crippen molar-refractivity contribution >= 4 is 17.8 Å². The van der Waals surface area contributed by atoms with Crippen molar-refractivity contribution in [2.24, 2.45) is 5.41 Å². The number of likely N-dealkylation sites (tertiary alicyclic amines) is 1. The van der Waals surface area contributed by atoms with Gasteiger partial charge < -0.3 is 10.1 Å². The first kappa shape index (κ1) is 13.4. The van der Waals surface area contributed by atoms with Gasteiger partial charge in [-0.05, 0) is 33.6 Å². The minimum atomic E-state index is -0.792. The first-order valence-corrected chi connectivity index (χ1v) is 7.01. The number of Topliss-reactive ketones (excluding diaryl/α,β-unsaturated/α-hetero) is 1. The van der Waals surface area contributed by atoms with E-state index in [0.717, 1.165) is 0 Å². The molecule has 1 N–H and O–H groups in total. The fourth-order valence-corrected chi connectivity index (χ4v) is 3.39. The van der Waals surface area contributed by atoms with Crippen molar-refractivity contribution in [1.82, 2.24) is 10.2 Å². The Kier molecular flexibility index (Phi) is 2.50. The number of β-lactam (4-membered cyclic amide) rings is 1. The molecule has 20 heavy (non-hydrogen) atoms. The van der Waals surface area contributed by atoms with Gasteiger partial charge in [-0.3, -0.25) is 14.5 Å². The van der Waals surface area contributed by atoms with E-state index in [4.69, 9.17) is 4.74 Å². The molecule has 1 aliphatic carbocycles. The largest absolute Gasteiger partial charge is 0.444 e. The second kappa shape index (κ2) is 3.74. The average Bonchev–Trinajstić information content (AvgIpc) is 2.74. The molecule has 6 nitrogen and oxygen atoms in total. The second-order valence-corrected chi connectivity index (χ2v) is 7.16. The molecule has 0 radical (unpaired) electrons. The Morgan fingerprint density at radius 2 is 2.05 bits per heavy atom. The molecule has 1 saturated carbocycles. The van der Waals surface area contributed by atoms with E-state index in [1.807, 2.05) is 0 Å². The number of ketones is 1. The van der Waals surface area contributed by atoms with E-state index in [2.05, 4.69) is 5.32 Å². The zero-order chi connectivity index (χ0) is 14.8. The van der Waals surface area contributed by atoms with Crippen molar-refractivity contribution in [3.05, 3.63) is 0 Å². The molecule has 0 aromatic heterocycles. The van der Waals surface area contributed by atoms with Gasteiger partial charge >= 0.3 is 6.09 Å². The molecule has 110 valence electrons. The normalized spacial score (nSPS) is 35.9. The van der Waals surface area contributed by atoms with Gasteiger partial charge in [0.05, 0.1) is 5.41 Å². The lowest BCUT2D eigenvalue weighted by molar-refractivity contribution is -0.141. The number of carbonyl (C=O) groups is 3. The van der Waals surface area contributed by atoms with Crippen LogP contribution in [0.1, 0.15) is 40.0 Å². The maximum Gasteiger partial charge on any atom is 0.411 e. The average molecular weight is 280 g/mol. The highest BCUT2D eigenvalue weighted by Crippen LogP contribution is 2.52. The topological polar surface area (TPSA) is 75.7 Å². The number of rotatable bonds is 0. The van der Waals surface area contributed by atoms with E-state index in [9.17, 15) is 14.4 Å². The van der Waals surface area contributed by atoms with E-state index in [-0.39, 0.29) is 11.7 Å². The predicted octanol–water partition coefficient (Wildman–Crippen LogP) is 0.845. The maximum absolute atomic E-state index is 12.4. The van der Waals surface area contributed by atoms with Gasteiger partial charge in [-0.25, -0.2) is 4.79 Å². The maximum atomic E-state index is 12.4. The molecule has 0 bridgehead atoms. The highest BCUT2D eigenvalue weighted by atomic mass is 16.6. The fraction of sp³-hybridized carbons (Fsp3) is 0.786. The van der Waals surface area contributed by atoms with Crippen molar-refractivity contribution in [3.63, 3.8) is 0 Å². The fourth-order valence-electron chi connectivity index (χ4n) is 3.39. The number of amides is 2. The van der Waals surface area contributed by atoms with Crippen LogP contribution in [0, 0.1) is 5.41 Å². The summed E-state index contributed by atoms with van der Waals surface area (Å²) in [5.74, 6) is 0.00238. The van der Waals surface area contributed by atoms with Crippen molar-refractivity contribution in [1.29, 1.82) is 0 Å². The Labute approximate surface area is 117 Å². The monoisotopic (exact) mass is 280 g/mol. The van der Waals surface area contributed by atoms with Crippen molar-refractivity contribution in [2.75, 3.05) is 13.1 Å². The summed E-state index contributed by atoms with van der Waals surface area (Å²) in [6, 6.07) is 0. The molecule has 0 aromatic rings. The summed E-state index contributed by atoms with van der Waals surface area (Å²) in [6.45, 7) is 6.21. The Bertz CT molecular complexity index is 510. The first-order valence-electron chi connectivity index (χ1n) is 7.01. The van der Waals surface area contributed by atoms with Crippen LogP contribution in [-0.4, -0.2) is 46.9 Å². The molecule has 0 aromatic carbocycles. The zero-order valence-electron chi connectivity index (χ0n) is 12.1. The molecule has 2 saturated heterocycles. The van der Waals surface area contributed by atoms with Crippen LogP contribution in [0.25, 0.3) is 0 Å². The lowest BCUT2D eigenvalue weighted by Crippen LogP contribution is -2.61. The van der Waals surface area contributed by atoms with Gasteiger partial charge in [0.2, 0.25) is 5.91 Å². The van der Waals surface area contributed by atoms with E-state index >= 15 is 0 Å². The van der Waals surface area contributed by atoms with Crippen molar-refractivity contribution in [3.8, 4) is 0 Å². The van der Waals surface area contributed by atoms with Gasteiger partial charge in [0.15, 0.2) is 5.78 Å². The summed E-state index contributed by atoms with van der Waals surface area (Å²) >= 11 is 0. The highest BCUT2D eigenvalue weighted by Gasteiger charge is 2.67. The minimum Gasteiger partial charge on any atom is -0.444 e. The highest BCUT2D eigenvalue weighted by molar-refractivity contribution is 6.00. The summed E-state index contributed by atoms with van der Waals surface area (Å²) in [7, 11) is 0. The number of hydrogen-bond acceptors (Lipinski definition) is 4. The Hall–Kier alpha value is -1.59. The first-order chi connectivity index (χ1) is 9.19. The van der Waals surface area contributed by atoms with E-state index in [0.29, 0.717) is 32.4 Å². The quantitative estimate of drug-likeness (QED) is 0.667. The third-order valence-corrected chi connectivity index (χ3v) is 4.58. The van der Waals surface area contributed by atoms with Crippen LogP contribution in [0.2, 0.25) is 0 Å². The summed E-state index contributed by atoms with van der Waals surface area (Å²) in [4.78, 5) is 37.8. The van der Waals surface area contributed by atoms with Crippen LogP contribution in [0.15, 0.2) is 0 Å². The number of nitrogens with zero attached hydrogens (tertiary/aromatic N) is 1. The van der Waals surface area contributed by atoms with Crippen molar-refractivity contribution < 1.29 is 19.1 Å². The molecule has 2 spiro atoms. The number of ether oxygens (including phenoxy) is 1. The molecular weight excluding hydrogens is 260 g/mol. The molecule has 2 atom stereocenters. The van der Waals surface area contributed by atoms with Crippen LogP contribution >= 0.6 is 0 Å². The van der Waals surface area contributed by atoms with Crippen LogP contribution < -0.4 is 5.32 Å². The lowest BCUT2D eigenvalue weighted by atomic mass is 9.67. The van der Waals surface area contributed by atoms with Crippen LogP contribution in [0.3, 0.4) is 0 Å². The van der Waals surface area contributed by atoms with Gasteiger partial charge in [0, 0.05) is 19.5 Å². The van der Waals surface area contributed by atoms with Gasteiger partial charge in [-0.15, -0.1) is 0 Å². The Morgan fingerprint density at radius 1 is 1.35 bits per heavy atom. The standard InChI is InChI=1S/C14H20N2O4/c1-12(2,3)20-11(19)16-8-13(7-15-10(13)18)6-14(16)5-4-9(14)17/h4-8H2,1-3H3,(H,15,18). The van der Waals surface area contributed by atoms with E-state index in [1.54, 1.807) is 20.8 Å². The Morgan fingerprint density at radius 3 is 2.40 bits per heavy atom. The predicted molar refractivity (Wildman–Crippen MR) is 70.0 cm³/mol. The smallest absolute Gasteiger partial charge is 0.411 e. The molecule has 3 aliphatic rings. The number of hydrogen-bond donors (Lipinski definition) is 1. The molecule has 3 fully saturated rings. The molecule has 2 aliphatic heterocycles. The molecule has 2 heterocycles. The third-order valence-electron chi connectivity index (χ3n) is 4.58.